The Hall–Kier alpha value is -1.81. The summed E-state index contributed by atoms with van der Waals surface area (Å²) in [6.45, 7) is 8.55. The molecular weight excluding hydrogens is 841 g/mol. The highest BCUT2D eigenvalue weighted by molar-refractivity contribution is 14.1. The van der Waals surface area contributed by atoms with Gasteiger partial charge in [-0.05, 0) is 106 Å². The molecule has 206 valence electrons. The molecule has 1 saturated heterocycles. The highest BCUT2D eigenvalue weighted by Gasteiger charge is 2.26. The predicted molar refractivity (Wildman–Crippen MR) is 158 cm³/mol. The smallest absolute Gasteiger partial charge is 0.481 e. The van der Waals surface area contributed by atoms with Crippen LogP contribution in [0.25, 0.3) is 0 Å². The van der Waals surface area contributed by atoms with Crippen molar-refractivity contribution in [2.24, 2.45) is 0 Å². The number of hydrogen-bond donors (Lipinski definition) is 0. The maximum Gasteiger partial charge on any atom is 0.508 e. The minimum Gasteiger partial charge on any atom is -0.481 e. The SMILES string of the molecule is Cc1cc(Oc2cc(I)c(OCC(=O)OCC3COC(=O)O3)cc2I)ccc1[I+]c1ccc(C(C)(C)C)cc1. The summed E-state index contributed by atoms with van der Waals surface area (Å²) in [5.74, 6) is 1.46. The molecule has 1 atom stereocenters. The van der Waals surface area contributed by atoms with Gasteiger partial charge in [0.1, 0.15) is 30.5 Å². The number of benzene rings is 3. The van der Waals surface area contributed by atoms with Crippen LogP contribution in [0.1, 0.15) is 31.9 Å². The summed E-state index contributed by atoms with van der Waals surface area (Å²) in [6.07, 6.45) is -1.34. The van der Waals surface area contributed by atoms with Crippen molar-refractivity contribution in [1.29, 1.82) is 0 Å². The first kappa shape index (κ1) is 30.2. The summed E-state index contributed by atoms with van der Waals surface area (Å²) in [7, 11) is 0. The highest BCUT2D eigenvalue weighted by Crippen LogP contribution is 2.34. The Kier molecular flexibility index (Phi) is 10.2. The molecule has 1 heterocycles. The van der Waals surface area contributed by atoms with Crippen molar-refractivity contribution in [3.63, 3.8) is 0 Å². The molecule has 39 heavy (non-hydrogen) atoms. The zero-order valence-corrected chi connectivity index (χ0v) is 28.4. The molecule has 1 unspecified atom stereocenters. The van der Waals surface area contributed by atoms with Crippen molar-refractivity contribution >= 4 is 57.3 Å². The van der Waals surface area contributed by atoms with Gasteiger partial charge in [0, 0.05) is 5.56 Å². The van der Waals surface area contributed by atoms with Gasteiger partial charge in [0.25, 0.3) is 0 Å². The van der Waals surface area contributed by atoms with Crippen LogP contribution in [0.15, 0.2) is 54.6 Å². The van der Waals surface area contributed by atoms with E-state index in [0.29, 0.717) is 11.5 Å². The monoisotopic (exact) mass is 869 g/mol. The van der Waals surface area contributed by atoms with E-state index in [2.05, 4.69) is 114 Å². The lowest BCUT2D eigenvalue weighted by atomic mass is 9.87. The lowest BCUT2D eigenvalue weighted by Gasteiger charge is -2.18. The zero-order valence-electron chi connectivity index (χ0n) is 21.9. The maximum atomic E-state index is 12.0. The Morgan fingerprint density at radius 1 is 1.03 bits per heavy atom. The molecule has 0 bridgehead atoms. The summed E-state index contributed by atoms with van der Waals surface area (Å²) >= 11 is 4.04. The van der Waals surface area contributed by atoms with E-state index in [1.54, 1.807) is 0 Å². The number of esters is 1. The van der Waals surface area contributed by atoms with E-state index in [4.69, 9.17) is 18.9 Å². The van der Waals surface area contributed by atoms with Crippen LogP contribution in [0, 0.1) is 21.2 Å². The standard InChI is InChI=1S/C29H28I3O7/c1-17-11-20(9-10-24(17)32-19-7-5-18(6-8-19)29(2,3)4)38-26-13-22(30)25(12-23(26)31)35-16-27(33)36-14-21-15-37-28(34)39-21/h5-13,21H,14-16H2,1-4H3/q+1. The number of ether oxygens (including phenoxy) is 5. The zero-order chi connectivity index (χ0) is 28.2. The van der Waals surface area contributed by atoms with Gasteiger partial charge in [0.15, 0.2) is 19.9 Å². The van der Waals surface area contributed by atoms with Crippen molar-refractivity contribution in [2.45, 2.75) is 39.2 Å². The van der Waals surface area contributed by atoms with Gasteiger partial charge in [0.05, 0.1) is 7.14 Å². The molecule has 7 nitrogen and oxygen atoms in total. The van der Waals surface area contributed by atoms with Crippen LogP contribution in [0.3, 0.4) is 0 Å². The van der Waals surface area contributed by atoms with Gasteiger partial charge in [-0.3, -0.25) is 0 Å². The van der Waals surface area contributed by atoms with E-state index in [1.165, 1.54) is 18.3 Å². The fourth-order valence-corrected chi connectivity index (χ4v) is 7.03. The van der Waals surface area contributed by atoms with Crippen LogP contribution in [-0.2, 0) is 24.4 Å². The minimum absolute atomic E-state index is 0.0692. The third-order valence-electron chi connectivity index (χ3n) is 5.69. The molecule has 0 saturated carbocycles. The topological polar surface area (TPSA) is 80.3 Å². The van der Waals surface area contributed by atoms with Crippen LogP contribution in [0.4, 0.5) is 4.79 Å². The maximum absolute atomic E-state index is 12.0. The Bertz CT molecular complexity index is 1350. The molecule has 10 heteroatoms. The van der Waals surface area contributed by atoms with Crippen LogP contribution >= 0.6 is 45.2 Å². The van der Waals surface area contributed by atoms with Gasteiger partial charge in [0.2, 0.25) is 0 Å². The number of cyclic esters (lactones) is 2. The summed E-state index contributed by atoms with van der Waals surface area (Å²) in [5.41, 5.74) is 2.71. The van der Waals surface area contributed by atoms with E-state index < -0.39 is 18.2 Å². The average Bonchev–Trinajstić information content (AvgIpc) is 3.30. The molecule has 0 aliphatic carbocycles. The van der Waals surface area contributed by atoms with E-state index >= 15 is 0 Å². The number of carbonyl (C=O) groups is 2. The van der Waals surface area contributed by atoms with Gasteiger partial charge in [-0.1, -0.05) is 32.9 Å². The fourth-order valence-electron chi connectivity index (χ4n) is 3.55. The lowest BCUT2D eigenvalue weighted by molar-refractivity contribution is -0.598. The second-order valence-electron chi connectivity index (χ2n) is 9.85. The van der Waals surface area contributed by atoms with Crippen LogP contribution in [0.2, 0.25) is 0 Å². The molecule has 1 aliphatic heterocycles. The first-order valence-corrected chi connectivity index (χ1v) is 16.4. The Morgan fingerprint density at radius 2 is 1.72 bits per heavy atom. The molecular formula is C29H28I3O7+. The number of aryl methyl sites for hydroxylation is 1. The van der Waals surface area contributed by atoms with Crippen molar-refractivity contribution in [3.8, 4) is 17.2 Å². The molecule has 1 fully saturated rings. The Balaban J connectivity index is 1.34. The van der Waals surface area contributed by atoms with Crippen molar-refractivity contribution in [2.75, 3.05) is 19.8 Å². The minimum atomic E-state index is -0.756. The Labute approximate surface area is 265 Å². The number of carbonyl (C=O) groups excluding carboxylic acids is 2. The quantitative estimate of drug-likeness (QED) is 0.239. The lowest BCUT2D eigenvalue weighted by Crippen LogP contribution is -3.61. The van der Waals surface area contributed by atoms with E-state index in [9.17, 15) is 9.59 Å². The third-order valence-corrected chi connectivity index (χ3v) is 10.5. The summed E-state index contributed by atoms with van der Waals surface area (Å²) in [6, 6.07) is 19.0. The van der Waals surface area contributed by atoms with Crippen LogP contribution in [-0.4, -0.2) is 38.0 Å². The third kappa shape index (κ3) is 8.59. The predicted octanol–water partition coefficient (Wildman–Crippen LogP) is 3.88. The van der Waals surface area contributed by atoms with Crippen molar-refractivity contribution < 1.29 is 54.5 Å². The highest BCUT2D eigenvalue weighted by atomic mass is 127. The van der Waals surface area contributed by atoms with Gasteiger partial charge in [-0.25, -0.2) is 9.59 Å². The number of hydrogen-bond acceptors (Lipinski definition) is 7. The fraction of sp³-hybridized carbons (Fsp3) is 0.310. The number of rotatable bonds is 9. The van der Waals surface area contributed by atoms with Gasteiger partial charge >= 0.3 is 33.3 Å². The second kappa shape index (κ2) is 13.2. The Morgan fingerprint density at radius 3 is 2.36 bits per heavy atom. The van der Waals surface area contributed by atoms with E-state index in [1.807, 2.05) is 18.2 Å². The molecule has 0 aromatic heterocycles. The summed E-state index contributed by atoms with van der Waals surface area (Å²) in [4.78, 5) is 23.0. The van der Waals surface area contributed by atoms with Crippen LogP contribution in [0.5, 0.6) is 17.2 Å². The first-order chi connectivity index (χ1) is 18.5. The van der Waals surface area contributed by atoms with Gasteiger partial charge in [-0.15, -0.1) is 0 Å². The van der Waals surface area contributed by atoms with Gasteiger partial charge in [-0.2, -0.15) is 0 Å². The largest absolute Gasteiger partial charge is 0.508 e. The van der Waals surface area contributed by atoms with E-state index in [-0.39, 0.29) is 46.4 Å². The van der Waals surface area contributed by atoms with Crippen molar-refractivity contribution in [3.05, 3.63) is 80.0 Å². The summed E-state index contributed by atoms with van der Waals surface area (Å²) < 4.78 is 30.9. The molecule has 0 spiro atoms. The molecule has 1 aliphatic rings. The second-order valence-corrected chi connectivity index (χ2v) is 15.1. The molecule has 3 aromatic carbocycles. The van der Waals surface area contributed by atoms with Crippen molar-refractivity contribution in [1.82, 2.24) is 0 Å². The van der Waals surface area contributed by atoms with Gasteiger partial charge < -0.3 is 23.7 Å². The normalized spacial score (nSPS) is 14.9. The molecule has 0 radical (unpaired) electrons. The van der Waals surface area contributed by atoms with Crippen LogP contribution < -0.4 is 30.7 Å². The molecule has 0 N–H and O–H groups in total. The summed E-state index contributed by atoms with van der Waals surface area (Å²) in [5, 5.41) is 0. The molecule has 0 amide bonds. The number of halogens is 3. The molecule has 4 rings (SSSR count). The van der Waals surface area contributed by atoms with E-state index in [0.717, 1.165) is 12.9 Å². The average molecular weight is 869 g/mol. The molecule has 3 aromatic rings. The first-order valence-electron chi connectivity index (χ1n) is 12.1.